The van der Waals surface area contributed by atoms with Gasteiger partial charge in [-0.2, -0.15) is 0 Å². The van der Waals surface area contributed by atoms with Crippen molar-refractivity contribution in [1.82, 2.24) is 0 Å². The number of carbonyl (C=O) groups is 1. The van der Waals surface area contributed by atoms with Crippen molar-refractivity contribution in [3.63, 3.8) is 0 Å². The van der Waals surface area contributed by atoms with Crippen LogP contribution in [0.1, 0.15) is 17.3 Å². The Balaban J connectivity index is 2.61. The van der Waals surface area contributed by atoms with Gasteiger partial charge in [-0.05, 0) is 31.2 Å². The van der Waals surface area contributed by atoms with Crippen LogP contribution in [0.2, 0.25) is 5.02 Å². The molecule has 0 radical (unpaired) electrons. The third-order valence-corrected chi connectivity index (χ3v) is 2.42. The Kier molecular flexibility index (Phi) is 3.15. The van der Waals surface area contributed by atoms with Gasteiger partial charge in [-0.3, -0.25) is 0 Å². The maximum atomic E-state index is 11.5. The van der Waals surface area contributed by atoms with E-state index in [1.165, 1.54) is 6.07 Å². The van der Waals surface area contributed by atoms with Crippen molar-refractivity contribution in [2.75, 3.05) is 6.61 Å². The molecule has 0 saturated carbocycles. The highest BCUT2D eigenvalue weighted by Crippen LogP contribution is 2.18. The number of halogens is 1. The van der Waals surface area contributed by atoms with Crippen LogP contribution in [-0.2, 0) is 4.74 Å². The Morgan fingerprint density at radius 3 is 2.88 bits per heavy atom. The third kappa shape index (κ3) is 2.31. The van der Waals surface area contributed by atoms with E-state index >= 15 is 0 Å². The van der Waals surface area contributed by atoms with E-state index in [-0.39, 0.29) is 12.2 Å². The molecular formula is C12H9ClO4. The molecule has 0 aliphatic heterocycles. The Labute approximate surface area is 102 Å². The molecule has 0 atom stereocenters. The van der Waals surface area contributed by atoms with E-state index in [1.807, 2.05) is 0 Å². The van der Waals surface area contributed by atoms with E-state index in [0.717, 1.165) is 0 Å². The number of benzene rings is 1. The molecule has 0 N–H and O–H groups in total. The minimum atomic E-state index is -0.710. The van der Waals surface area contributed by atoms with Gasteiger partial charge >= 0.3 is 11.6 Å². The maximum absolute atomic E-state index is 11.5. The van der Waals surface area contributed by atoms with E-state index in [9.17, 15) is 9.59 Å². The molecule has 0 bridgehead atoms. The number of carbonyl (C=O) groups excluding carboxylic acids is 1. The van der Waals surface area contributed by atoms with Crippen LogP contribution in [0, 0.1) is 0 Å². The van der Waals surface area contributed by atoms with Crippen molar-refractivity contribution in [2.24, 2.45) is 0 Å². The first-order valence-corrected chi connectivity index (χ1v) is 5.40. The Morgan fingerprint density at radius 1 is 1.41 bits per heavy atom. The lowest BCUT2D eigenvalue weighted by Crippen LogP contribution is -2.16. The van der Waals surface area contributed by atoms with E-state index in [2.05, 4.69) is 0 Å². The molecule has 0 saturated heterocycles. The average molecular weight is 253 g/mol. The SMILES string of the molecule is CCOC(=O)c1cc2cc(Cl)ccc2oc1=O. The first-order chi connectivity index (χ1) is 8.11. The average Bonchev–Trinajstić information content (AvgIpc) is 2.29. The zero-order chi connectivity index (χ0) is 12.4. The van der Waals surface area contributed by atoms with Gasteiger partial charge in [0.1, 0.15) is 11.1 Å². The van der Waals surface area contributed by atoms with Crippen LogP contribution in [0.15, 0.2) is 33.5 Å². The number of ether oxygens (including phenoxy) is 1. The summed E-state index contributed by atoms with van der Waals surface area (Å²) >= 11 is 5.82. The van der Waals surface area contributed by atoms with E-state index in [0.29, 0.717) is 16.0 Å². The molecule has 17 heavy (non-hydrogen) atoms. The first-order valence-electron chi connectivity index (χ1n) is 5.02. The van der Waals surface area contributed by atoms with Crippen molar-refractivity contribution in [2.45, 2.75) is 6.92 Å². The highest BCUT2D eigenvalue weighted by Gasteiger charge is 2.14. The summed E-state index contributed by atoms with van der Waals surface area (Å²) in [5, 5.41) is 1.08. The molecule has 0 aliphatic rings. The van der Waals surface area contributed by atoms with Gasteiger partial charge in [0.15, 0.2) is 0 Å². The van der Waals surface area contributed by atoms with Crippen LogP contribution >= 0.6 is 11.6 Å². The molecule has 0 aliphatic carbocycles. The fourth-order valence-corrected chi connectivity index (χ4v) is 1.63. The smallest absolute Gasteiger partial charge is 0.351 e. The summed E-state index contributed by atoms with van der Waals surface area (Å²) < 4.78 is 9.76. The molecule has 2 rings (SSSR count). The van der Waals surface area contributed by atoms with Gasteiger partial charge in [0.05, 0.1) is 6.61 Å². The largest absolute Gasteiger partial charge is 0.462 e. The summed E-state index contributed by atoms with van der Waals surface area (Å²) in [6, 6.07) is 6.22. The number of fused-ring (bicyclic) bond motifs is 1. The number of hydrogen-bond acceptors (Lipinski definition) is 4. The minimum Gasteiger partial charge on any atom is -0.462 e. The minimum absolute atomic E-state index is 0.124. The van der Waals surface area contributed by atoms with Gasteiger partial charge in [0, 0.05) is 10.4 Å². The third-order valence-electron chi connectivity index (χ3n) is 2.19. The van der Waals surface area contributed by atoms with Crippen LogP contribution < -0.4 is 5.63 Å². The van der Waals surface area contributed by atoms with Crippen molar-refractivity contribution in [3.8, 4) is 0 Å². The van der Waals surface area contributed by atoms with Crippen LogP contribution in [-0.4, -0.2) is 12.6 Å². The summed E-state index contributed by atoms with van der Waals surface area (Å²) in [7, 11) is 0. The standard InChI is InChI=1S/C12H9ClO4/c1-2-16-11(14)9-6-7-5-8(13)3-4-10(7)17-12(9)15/h3-6H,2H2,1H3. The van der Waals surface area contributed by atoms with Gasteiger partial charge in [-0.1, -0.05) is 11.6 Å². The van der Waals surface area contributed by atoms with Gasteiger partial charge < -0.3 is 9.15 Å². The van der Waals surface area contributed by atoms with Crippen LogP contribution in [0.5, 0.6) is 0 Å². The second-order valence-corrected chi connectivity index (χ2v) is 3.79. The molecule has 0 amide bonds. The molecule has 2 aromatic rings. The lowest BCUT2D eigenvalue weighted by atomic mass is 10.2. The number of rotatable bonds is 2. The predicted molar refractivity (Wildman–Crippen MR) is 63.5 cm³/mol. The van der Waals surface area contributed by atoms with Crippen molar-refractivity contribution in [3.05, 3.63) is 45.3 Å². The monoisotopic (exact) mass is 252 g/mol. The molecule has 0 spiro atoms. The van der Waals surface area contributed by atoms with Crippen molar-refractivity contribution >= 4 is 28.5 Å². The van der Waals surface area contributed by atoms with Crippen molar-refractivity contribution in [1.29, 1.82) is 0 Å². The van der Waals surface area contributed by atoms with E-state index in [1.54, 1.807) is 25.1 Å². The molecule has 0 fully saturated rings. The summed E-state index contributed by atoms with van der Waals surface area (Å²) in [5.41, 5.74) is -0.452. The van der Waals surface area contributed by atoms with Crippen LogP contribution in [0.25, 0.3) is 11.0 Å². The summed E-state index contributed by atoms with van der Waals surface area (Å²) in [6.07, 6.45) is 0. The number of esters is 1. The topological polar surface area (TPSA) is 56.5 Å². The molecule has 88 valence electrons. The van der Waals surface area contributed by atoms with Crippen LogP contribution in [0.3, 0.4) is 0 Å². The summed E-state index contributed by atoms with van der Waals surface area (Å²) in [4.78, 5) is 23.0. The Hall–Kier alpha value is -1.81. The maximum Gasteiger partial charge on any atom is 0.351 e. The molecule has 1 aromatic heterocycles. The summed E-state index contributed by atoms with van der Waals surface area (Å²) in [5.74, 6) is -0.692. The number of hydrogen-bond donors (Lipinski definition) is 0. The van der Waals surface area contributed by atoms with Crippen LogP contribution in [0.4, 0.5) is 0 Å². The molecule has 0 unspecified atom stereocenters. The highest BCUT2D eigenvalue weighted by molar-refractivity contribution is 6.31. The fraction of sp³-hybridized carbons (Fsp3) is 0.167. The second kappa shape index (κ2) is 4.59. The summed E-state index contributed by atoms with van der Waals surface area (Å²) in [6.45, 7) is 1.86. The highest BCUT2D eigenvalue weighted by atomic mass is 35.5. The Morgan fingerprint density at radius 2 is 2.18 bits per heavy atom. The molecule has 1 aromatic carbocycles. The van der Waals surface area contributed by atoms with Crippen molar-refractivity contribution < 1.29 is 13.9 Å². The first kappa shape index (κ1) is 11.7. The van der Waals surface area contributed by atoms with Gasteiger partial charge in [-0.25, -0.2) is 9.59 Å². The predicted octanol–water partition coefficient (Wildman–Crippen LogP) is 2.62. The quantitative estimate of drug-likeness (QED) is 0.609. The molecule has 1 heterocycles. The van der Waals surface area contributed by atoms with Gasteiger partial charge in [0.25, 0.3) is 0 Å². The van der Waals surface area contributed by atoms with Gasteiger partial charge in [-0.15, -0.1) is 0 Å². The molecular weight excluding hydrogens is 244 g/mol. The lowest BCUT2D eigenvalue weighted by molar-refractivity contribution is 0.0522. The zero-order valence-electron chi connectivity index (χ0n) is 9.03. The second-order valence-electron chi connectivity index (χ2n) is 3.35. The zero-order valence-corrected chi connectivity index (χ0v) is 9.78. The van der Waals surface area contributed by atoms with E-state index in [4.69, 9.17) is 20.8 Å². The Bertz CT molecular complexity index is 630. The fourth-order valence-electron chi connectivity index (χ4n) is 1.45. The normalized spacial score (nSPS) is 10.5. The molecule has 5 heteroatoms. The lowest BCUT2D eigenvalue weighted by Gasteiger charge is -2.02. The van der Waals surface area contributed by atoms with E-state index < -0.39 is 11.6 Å². The van der Waals surface area contributed by atoms with Gasteiger partial charge in [0.2, 0.25) is 0 Å². The molecule has 4 nitrogen and oxygen atoms in total.